The maximum atomic E-state index is 14.4. The van der Waals surface area contributed by atoms with E-state index in [4.69, 9.17) is 4.84 Å². The molecule has 1 amide bonds. The lowest BCUT2D eigenvalue weighted by Crippen LogP contribution is -2.62. The van der Waals surface area contributed by atoms with Crippen molar-refractivity contribution in [1.29, 1.82) is 0 Å². The molecule has 51 heavy (non-hydrogen) atoms. The van der Waals surface area contributed by atoms with Crippen LogP contribution >= 0.6 is 27.3 Å². The van der Waals surface area contributed by atoms with Gasteiger partial charge in [-0.15, -0.1) is 11.3 Å². The Morgan fingerprint density at radius 2 is 1.84 bits per heavy atom. The minimum atomic E-state index is -1.08. The van der Waals surface area contributed by atoms with Crippen molar-refractivity contribution in [3.8, 4) is 0 Å². The van der Waals surface area contributed by atoms with Crippen LogP contribution in [0.25, 0.3) is 0 Å². The van der Waals surface area contributed by atoms with Crippen LogP contribution in [0.3, 0.4) is 0 Å². The molecule has 4 aliphatic carbocycles. The highest BCUT2D eigenvalue weighted by atomic mass is 79.9. The summed E-state index contributed by atoms with van der Waals surface area (Å²) in [6.07, 6.45) is 5.76. The van der Waals surface area contributed by atoms with Gasteiger partial charge in [0, 0.05) is 36.6 Å². The van der Waals surface area contributed by atoms with Crippen LogP contribution < -0.4 is 5.32 Å². The number of carbonyl (C=O) groups excluding carboxylic acids is 1. The summed E-state index contributed by atoms with van der Waals surface area (Å²) in [5, 5.41) is 27.2. The molecule has 1 unspecified atom stereocenters. The van der Waals surface area contributed by atoms with Crippen molar-refractivity contribution in [2.75, 3.05) is 26.2 Å². The number of halogens is 1. The molecule has 8 rings (SSSR count). The summed E-state index contributed by atoms with van der Waals surface area (Å²) >= 11 is 5.50. The Labute approximate surface area is 318 Å². The van der Waals surface area contributed by atoms with Gasteiger partial charge in [0.15, 0.2) is 0 Å². The Morgan fingerprint density at radius 1 is 1.12 bits per heavy atom. The third-order valence-corrected chi connectivity index (χ3v) is 15.5. The van der Waals surface area contributed by atoms with Gasteiger partial charge in [-0.3, -0.25) is 14.5 Å². The van der Waals surface area contributed by atoms with Crippen molar-refractivity contribution in [1.82, 2.24) is 20.2 Å². The summed E-state index contributed by atoms with van der Waals surface area (Å²) < 4.78 is 1.16. The highest BCUT2D eigenvalue weighted by Gasteiger charge is 2.78. The summed E-state index contributed by atoms with van der Waals surface area (Å²) in [4.78, 5) is 27.5. The molecular weight excluding hydrogens is 724 g/mol. The molecule has 282 valence electrons. The summed E-state index contributed by atoms with van der Waals surface area (Å²) in [5.74, 6) is 2.15. The Bertz CT molecular complexity index is 1540. The Hall–Kier alpha value is -1.37. The normalized spacial score (nSPS) is 35.1. The molecule has 2 bridgehead atoms. The zero-order chi connectivity index (χ0) is 36.3. The third kappa shape index (κ3) is 7.39. The molecule has 8 nitrogen and oxygen atoms in total. The number of rotatable bonds is 14. The molecule has 2 aromatic rings. The Morgan fingerprint density at radius 3 is 2.45 bits per heavy atom. The van der Waals surface area contributed by atoms with Gasteiger partial charge in [0.1, 0.15) is 12.1 Å². The van der Waals surface area contributed by atoms with Gasteiger partial charge in [-0.25, -0.2) is 0 Å². The highest BCUT2D eigenvalue weighted by molar-refractivity contribution is 9.11. The topological polar surface area (TPSA) is 88.5 Å². The lowest BCUT2D eigenvalue weighted by Gasteiger charge is -2.62. The van der Waals surface area contributed by atoms with E-state index in [1.165, 1.54) is 42.8 Å². The van der Waals surface area contributed by atoms with E-state index in [1.54, 1.807) is 12.0 Å². The van der Waals surface area contributed by atoms with Crippen molar-refractivity contribution in [2.45, 2.75) is 130 Å². The number of amides is 1. The van der Waals surface area contributed by atoms with Gasteiger partial charge in [-0.1, -0.05) is 58.9 Å². The van der Waals surface area contributed by atoms with Gasteiger partial charge in [-0.2, -0.15) is 5.06 Å². The van der Waals surface area contributed by atoms with E-state index in [1.807, 2.05) is 11.3 Å². The van der Waals surface area contributed by atoms with Crippen LogP contribution in [0, 0.1) is 34.5 Å². The van der Waals surface area contributed by atoms with Gasteiger partial charge >= 0.3 is 0 Å². The number of nitrogens with zero attached hydrogens (tertiary/aromatic N) is 3. The molecule has 0 radical (unpaired) electrons. The first-order valence-corrected chi connectivity index (χ1v) is 21.2. The lowest BCUT2D eigenvalue weighted by molar-refractivity contribution is -0.183. The molecule has 1 aromatic heterocycles. The maximum absolute atomic E-state index is 14.4. The predicted octanol–water partition coefficient (Wildman–Crippen LogP) is 6.83. The number of fused-ring (bicyclic) bond motifs is 2. The number of aliphatic hydroxyl groups is 2. The molecule has 2 saturated heterocycles. The largest absolute Gasteiger partial charge is 0.394 e. The van der Waals surface area contributed by atoms with Gasteiger partial charge in [0.05, 0.1) is 28.0 Å². The Kier molecular flexibility index (Phi) is 10.9. The number of hydrogen-bond acceptors (Lipinski definition) is 8. The average Bonchev–Trinajstić information content (AvgIpc) is 3.54. The standard InChI is InChI=1S/C41H61BrN4O4S/c1-26(2)16-31(22-44-14-7-8-15-44)45(23-32-12-13-36(42)51-32)20-28-10-9-11-29(17-28)21-46-37(41(25-40(41,6)49)35(24-47)50-46)38(48)43-34-19-30-18-33(27(34)3)39(30,4)5/h9-13,17,26-27,30-31,33-35,37,47,49H,7-8,14-16,18-25H2,1-6H3,(H,43,48)/t27-,30+,31-,33-,34-,35-,37+,40?,41+/m0/s1. The second kappa shape index (κ2) is 14.7. The Balaban J connectivity index is 1.11. The van der Waals surface area contributed by atoms with Gasteiger partial charge < -0.3 is 20.4 Å². The average molecular weight is 786 g/mol. The molecular formula is C41H61BrN4O4S. The molecule has 6 aliphatic rings. The van der Waals surface area contributed by atoms with Crippen LogP contribution in [-0.2, 0) is 29.3 Å². The van der Waals surface area contributed by atoms with Gasteiger partial charge in [0.25, 0.3) is 0 Å². The molecule has 6 fully saturated rings. The van der Waals surface area contributed by atoms with Crippen LogP contribution in [0.2, 0.25) is 0 Å². The molecule has 2 aliphatic heterocycles. The SMILES string of the molecule is CC(C)C[C@@H](CN1CCCC1)N(Cc1cccc(CN2O[C@@H](CO)[C@]3(CC3(C)O)[C@H]2C(=O)N[C@H]2C[C@H]3C[C@@H]([C@@H]2C)C3(C)C)c1)Cc1ccc(Br)s1. The number of likely N-dealkylation sites (tertiary alicyclic amines) is 1. The predicted molar refractivity (Wildman–Crippen MR) is 207 cm³/mol. The van der Waals surface area contributed by atoms with E-state index in [0.29, 0.717) is 48.1 Å². The summed E-state index contributed by atoms with van der Waals surface area (Å²) in [6, 6.07) is 13.0. The van der Waals surface area contributed by atoms with E-state index in [-0.39, 0.29) is 18.6 Å². The summed E-state index contributed by atoms with van der Waals surface area (Å²) in [5.41, 5.74) is 0.709. The molecule has 1 aromatic carbocycles. The maximum Gasteiger partial charge on any atom is 0.240 e. The van der Waals surface area contributed by atoms with Gasteiger partial charge in [-0.05, 0) is 127 Å². The van der Waals surface area contributed by atoms with Crippen LogP contribution in [0.15, 0.2) is 40.2 Å². The number of benzene rings is 1. The minimum absolute atomic E-state index is 0.0810. The van der Waals surface area contributed by atoms with E-state index in [0.717, 1.165) is 41.8 Å². The van der Waals surface area contributed by atoms with Crippen LogP contribution in [0.4, 0.5) is 0 Å². The van der Waals surface area contributed by atoms with Gasteiger partial charge in [0.2, 0.25) is 5.91 Å². The van der Waals surface area contributed by atoms with Crippen molar-refractivity contribution in [2.24, 2.45) is 34.5 Å². The first-order valence-electron chi connectivity index (χ1n) is 19.6. The van der Waals surface area contributed by atoms with Crippen LogP contribution in [-0.4, -0.2) is 87.1 Å². The lowest BCUT2D eigenvalue weighted by atomic mass is 9.45. The fraction of sp³-hybridized carbons (Fsp3) is 0.732. The van der Waals surface area contributed by atoms with Crippen LogP contribution in [0.1, 0.15) is 96.1 Å². The molecule has 3 heterocycles. The van der Waals surface area contributed by atoms with Crippen LogP contribution in [0.5, 0.6) is 0 Å². The first-order chi connectivity index (χ1) is 24.2. The second-order valence-electron chi connectivity index (χ2n) is 18.0. The third-order valence-electron chi connectivity index (χ3n) is 13.9. The number of nitrogens with one attached hydrogen (secondary N) is 1. The van der Waals surface area contributed by atoms with E-state index >= 15 is 0 Å². The number of hydroxylamine groups is 2. The van der Waals surface area contributed by atoms with Crippen molar-refractivity contribution in [3.63, 3.8) is 0 Å². The molecule has 1 spiro atoms. The van der Waals surface area contributed by atoms with Crippen molar-refractivity contribution < 1.29 is 19.8 Å². The smallest absolute Gasteiger partial charge is 0.240 e. The van der Waals surface area contributed by atoms with E-state index < -0.39 is 23.2 Å². The number of carbonyl (C=O) groups is 1. The summed E-state index contributed by atoms with van der Waals surface area (Å²) in [6.45, 7) is 18.9. The fourth-order valence-corrected chi connectivity index (χ4v) is 12.3. The van der Waals surface area contributed by atoms with Crippen molar-refractivity contribution in [3.05, 3.63) is 56.2 Å². The number of aliphatic hydroxyl groups excluding tert-OH is 1. The molecule has 10 heteroatoms. The highest BCUT2D eigenvalue weighted by Crippen LogP contribution is 2.66. The monoisotopic (exact) mass is 784 g/mol. The van der Waals surface area contributed by atoms with E-state index in [2.05, 4.69) is 102 Å². The zero-order valence-electron chi connectivity index (χ0n) is 31.6. The molecule has 9 atom stereocenters. The molecule has 4 saturated carbocycles. The second-order valence-corrected chi connectivity index (χ2v) is 20.6. The zero-order valence-corrected chi connectivity index (χ0v) is 34.0. The number of hydrogen-bond donors (Lipinski definition) is 3. The quantitative estimate of drug-likeness (QED) is 0.194. The summed E-state index contributed by atoms with van der Waals surface area (Å²) in [7, 11) is 0. The minimum Gasteiger partial charge on any atom is -0.394 e. The van der Waals surface area contributed by atoms with E-state index in [9.17, 15) is 15.0 Å². The van der Waals surface area contributed by atoms with Crippen molar-refractivity contribution >= 4 is 33.2 Å². The molecule has 3 N–H and O–H groups in total. The first kappa shape index (κ1) is 37.9. The fourth-order valence-electron chi connectivity index (χ4n) is 10.8. The number of thiophene rings is 1.